The first-order chi connectivity index (χ1) is 15.3. The zero-order valence-electron chi connectivity index (χ0n) is 17.7. The number of sulfonamides is 1. The van der Waals surface area contributed by atoms with Gasteiger partial charge in [0.05, 0.1) is 11.3 Å². The molecule has 162 valence electrons. The molecule has 0 radical (unpaired) electrons. The van der Waals surface area contributed by atoms with E-state index in [1.165, 1.54) is 12.1 Å². The average Bonchev–Trinajstić information content (AvgIpc) is 2.73. The third-order valence-corrected chi connectivity index (χ3v) is 6.23. The van der Waals surface area contributed by atoms with Crippen LogP contribution in [-0.2, 0) is 21.2 Å². The van der Waals surface area contributed by atoms with Gasteiger partial charge in [0.25, 0.3) is 10.0 Å². The van der Waals surface area contributed by atoms with Crippen LogP contribution in [0.5, 0.6) is 0 Å². The Morgan fingerprint density at radius 2 is 1.53 bits per heavy atom. The van der Waals surface area contributed by atoms with E-state index < -0.39 is 10.0 Å². The lowest BCUT2D eigenvalue weighted by molar-refractivity contribution is -0.115. The van der Waals surface area contributed by atoms with Gasteiger partial charge in [-0.2, -0.15) is 0 Å². The second-order valence-corrected chi connectivity index (χ2v) is 9.15. The van der Waals surface area contributed by atoms with E-state index in [0.717, 1.165) is 16.3 Å². The van der Waals surface area contributed by atoms with E-state index in [1.807, 2.05) is 42.5 Å². The second-order valence-electron chi connectivity index (χ2n) is 7.47. The molecule has 2 N–H and O–H groups in total. The maximum atomic E-state index is 12.6. The average molecular weight is 447 g/mol. The highest BCUT2D eigenvalue weighted by Gasteiger charge is 2.16. The van der Waals surface area contributed by atoms with Crippen molar-refractivity contribution in [2.75, 3.05) is 10.0 Å². The minimum atomic E-state index is -3.85. The molecule has 1 amide bonds. The number of fused-ring (bicyclic) bond motifs is 1. The summed E-state index contributed by atoms with van der Waals surface area (Å²) in [4.78, 5) is 20.8. The molecule has 1 aromatic heterocycles. The summed E-state index contributed by atoms with van der Waals surface area (Å²) in [6, 6.07) is 21.5. The SMILES string of the molecule is Cc1cc(C)nc(NS(=O)(=O)c2ccc(NC(=O)Cc3cccc4ccccc34)cc2)n1. The van der Waals surface area contributed by atoms with Crippen LogP contribution in [0.3, 0.4) is 0 Å². The molecule has 0 atom stereocenters. The zero-order valence-corrected chi connectivity index (χ0v) is 18.5. The number of nitrogens with zero attached hydrogens (tertiary/aromatic N) is 2. The Hall–Kier alpha value is -3.78. The van der Waals surface area contributed by atoms with Crippen molar-refractivity contribution in [2.45, 2.75) is 25.2 Å². The first-order valence-corrected chi connectivity index (χ1v) is 11.5. The normalized spacial score (nSPS) is 11.3. The number of carbonyl (C=O) groups is 1. The Kier molecular flexibility index (Phi) is 5.87. The topological polar surface area (TPSA) is 101 Å². The monoisotopic (exact) mass is 446 g/mol. The van der Waals surface area contributed by atoms with E-state index >= 15 is 0 Å². The minimum absolute atomic E-state index is 0.0231. The summed E-state index contributed by atoms with van der Waals surface area (Å²) in [5.74, 6) is -0.159. The van der Waals surface area contributed by atoms with Crippen LogP contribution in [0.25, 0.3) is 10.8 Å². The van der Waals surface area contributed by atoms with Crippen LogP contribution in [0.15, 0.2) is 77.7 Å². The highest BCUT2D eigenvalue weighted by atomic mass is 32.2. The van der Waals surface area contributed by atoms with Gasteiger partial charge in [-0.05, 0) is 60.5 Å². The highest BCUT2D eigenvalue weighted by molar-refractivity contribution is 7.92. The van der Waals surface area contributed by atoms with E-state index in [1.54, 1.807) is 32.0 Å². The lowest BCUT2D eigenvalue weighted by Gasteiger charge is -2.10. The number of hydrogen-bond donors (Lipinski definition) is 2. The fourth-order valence-corrected chi connectivity index (χ4v) is 4.44. The summed E-state index contributed by atoms with van der Waals surface area (Å²) in [5, 5.41) is 4.93. The van der Waals surface area contributed by atoms with Crippen LogP contribution in [0.4, 0.5) is 11.6 Å². The molecule has 0 fully saturated rings. The second kappa shape index (κ2) is 8.76. The molecule has 3 aromatic carbocycles. The van der Waals surface area contributed by atoms with Crippen molar-refractivity contribution in [2.24, 2.45) is 0 Å². The predicted molar refractivity (Wildman–Crippen MR) is 125 cm³/mol. The maximum absolute atomic E-state index is 12.6. The van der Waals surface area contributed by atoms with Gasteiger partial charge in [-0.15, -0.1) is 0 Å². The van der Waals surface area contributed by atoms with Crippen molar-refractivity contribution in [1.29, 1.82) is 0 Å². The van der Waals surface area contributed by atoms with E-state index in [0.29, 0.717) is 17.1 Å². The third kappa shape index (κ3) is 4.92. The number of nitrogens with one attached hydrogen (secondary N) is 2. The Balaban J connectivity index is 1.45. The molecule has 0 aliphatic carbocycles. The molecule has 8 heteroatoms. The fraction of sp³-hybridized carbons (Fsp3) is 0.125. The molecule has 4 aromatic rings. The van der Waals surface area contributed by atoms with Crippen molar-refractivity contribution in [3.05, 3.63) is 89.7 Å². The first kappa shape index (κ1) is 21.5. The summed E-state index contributed by atoms with van der Waals surface area (Å²) in [6.07, 6.45) is 0.215. The molecular weight excluding hydrogens is 424 g/mol. The summed E-state index contributed by atoms with van der Waals surface area (Å²) in [5.41, 5.74) is 2.77. The van der Waals surface area contributed by atoms with Gasteiger partial charge in [-0.3, -0.25) is 4.79 Å². The molecule has 1 heterocycles. The van der Waals surface area contributed by atoms with E-state index in [-0.39, 0.29) is 23.2 Å². The largest absolute Gasteiger partial charge is 0.326 e. The molecule has 0 saturated carbocycles. The van der Waals surface area contributed by atoms with Gasteiger partial charge in [-0.25, -0.2) is 23.1 Å². The van der Waals surface area contributed by atoms with Gasteiger partial charge >= 0.3 is 0 Å². The molecule has 0 unspecified atom stereocenters. The molecular formula is C24H22N4O3S. The lowest BCUT2D eigenvalue weighted by atomic mass is 10.0. The van der Waals surface area contributed by atoms with Crippen LogP contribution in [0, 0.1) is 13.8 Å². The van der Waals surface area contributed by atoms with Crippen LogP contribution >= 0.6 is 0 Å². The molecule has 4 rings (SSSR count). The standard InChI is InChI=1S/C24H22N4O3S/c1-16-14-17(2)26-24(25-16)28-32(30,31)21-12-10-20(11-13-21)27-23(29)15-19-8-5-7-18-6-3-4-9-22(18)19/h3-14H,15H2,1-2H3,(H,27,29)(H,25,26,28). The van der Waals surface area contributed by atoms with Crippen molar-refractivity contribution < 1.29 is 13.2 Å². The zero-order chi connectivity index (χ0) is 22.7. The van der Waals surface area contributed by atoms with Crippen molar-refractivity contribution >= 4 is 38.3 Å². The Labute approximate surface area is 186 Å². The summed E-state index contributed by atoms with van der Waals surface area (Å²) in [7, 11) is -3.85. The van der Waals surface area contributed by atoms with E-state index in [9.17, 15) is 13.2 Å². The van der Waals surface area contributed by atoms with Crippen molar-refractivity contribution in [3.8, 4) is 0 Å². The summed E-state index contributed by atoms with van der Waals surface area (Å²) < 4.78 is 27.7. The van der Waals surface area contributed by atoms with Gasteiger partial charge in [0.1, 0.15) is 0 Å². The number of carbonyl (C=O) groups excluding carboxylic acids is 1. The Morgan fingerprint density at radius 1 is 0.875 bits per heavy atom. The van der Waals surface area contributed by atoms with Gasteiger partial charge in [0.2, 0.25) is 11.9 Å². The van der Waals surface area contributed by atoms with Crippen LogP contribution in [0.2, 0.25) is 0 Å². The number of anilines is 2. The van der Waals surface area contributed by atoms with Crippen molar-refractivity contribution in [1.82, 2.24) is 9.97 Å². The van der Waals surface area contributed by atoms with Crippen LogP contribution in [-0.4, -0.2) is 24.3 Å². The quantitative estimate of drug-likeness (QED) is 0.462. The highest BCUT2D eigenvalue weighted by Crippen LogP contribution is 2.20. The van der Waals surface area contributed by atoms with Gasteiger partial charge in [0.15, 0.2) is 0 Å². The van der Waals surface area contributed by atoms with Gasteiger partial charge in [0, 0.05) is 17.1 Å². The Morgan fingerprint density at radius 3 is 2.25 bits per heavy atom. The number of hydrogen-bond acceptors (Lipinski definition) is 5. The smallest absolute Gasteiger partial charge is 0.264 e. The number of amides is 1. The molecule has 7 nitrogen and oxygen atoms in total. The number of benzene rings is 3. The number of rotatable bonds is 6. The summed E-state index contributed by atoms with van der Waals surface area (Å²) >= 11 is 0. The molecule has 0 bridgehead atoms. The molecule has 0 spiro atoms. The van der Waals surface area contributed by atoms with Crippen LogP contribution < -0.4 is 10.0 Å². The minimum Gasteiger partial charge on any atom is -0.326 e. The summed E-state index contributed by atoms with van der Waals surface area (Å²) in [6.45, 7) is 3.53. The third-order valence-electron chi connectivity index (χ3n) is 4.89. The Bertz CT molecular complexity index is 1380. The van der Waals surface area contributed by atoms with Crippen molar-refractivity contribution in [3.63, 3.8) is 0 Å². The molecule has 0 aliphatic rings. The van der Waals surface area contributed by atoms with Gasteiger partial charge < -0.3 is 5.32 Å². The van der Waals surface area contributed by atoms with E-state index in [4.69, 9.17) is 0 Å². The van der Waals surface area contributed by atoms with E-state index in [2.05, 4.69) is 20.0 Å². The van der Waals surface area contributed by atoms with Gasteiger partial charge in [-0.1, -0.05) is 42.5 Å². The molecule has 0 aliphatic heterocycles. The number of aromatic nitrogens is 2. The molecule has 32 heavy (non-hydrogen) atoms. The number of aryl methyl sites for hydroxylation is 2. The van der Waals surface area contributed by atoms with Crippen LogP contribution in [0.1, 0.15) is 17.0 Å². The molecule has 0 saturated heterocycles. The lowest BCUT2D eigenvalue weighted by Crippen LogP contribution is -2.16. The fourth-order valence-electron chi connectivity index (χ4n) is 3.49. The maximum Gasteiger partial charge on any atom is 0.264 e. The first-order valence-electron chi connectivity index (χ1n) is 10.0. The predicted octanol–water partition coefficient (Wildman–Crippen LogP) is 4.23.